The first-order valence-electron chi connectivity index (χ1n) is 5.79. The SMILES string of the molecule is N#C[C@@]1(NC(=O)Cc2c(F)cccc2Cl)CCSC1. The molecule has 0 spiro atoms. The number of nitrogens with zero attached hydrogens (tertiary/aromatic N) is 1. The summed E-state index contributed by atoms with van der Waals surface area (Å²) >= 11 is 7.49. The molecule has 1 aromatic carbocycles. The second-order valence-corrected chi connectivity index (χ2v) is 5.93. The molecular weight excluding hydrogens is 287 g/mol. The van der Waals surface area contributed by atoms with Gasteiger partial charge in [-0.3, -0.25) is 4.79 Å². The number of benzene rings is 1. The Bertz CT molecular complexity index is 518. The van der Waals surface area contributed by atoms with Crippen LogP contribution in [0.15, 0.2) is 18.2 Å². The minimum Gasteiger partial charge on any atom is -0.337 e. The lowest BCUT2D eigenvalue weighted by molar-refractivity contribution is -0.121. The van der Waals surface area contributed by atoms with E-state index >= 15 is 0 Å². The van der Waals surface area contributed by atoms with Gasteiger partial charge in [0.25, 0.3) is 0 Å². The molecule has 1 amide bonds. The quantitative estimate of drug-likeness (QED) is 0.933. The highest BCUT2D eigenvalue weighted by atomic mass is 35.5. The predicted octanol–water partition coefficient (Wildman–Crippen LogP) is 2.54. The van der Waals surface area contributed by atoms with Crippen LogP contribution in [0.1, 0.15) is 12.0 Å². The molecule has 1 fully saturated rings. The first kappa shape index (κ1) is 14.2. The van der Waals surface area contributed by atoms with Crippen molar-refractivity contribution >= 4 is 29.3 Å². The van der Waals surface area contributed by atoms with E-state index in [2.05, 4.69) is 11.4 Å². The molecule has 3 nitrogen and oxygen atoms in total. The van der Waals surface area contributed by atoms with Crippen molar-refractivity contribution in [3.8, 4) is 6.07 Å². The maximum absolute atomic E-state index is 13.6. The highest BCUT2D eigenvalue weighted by Gasteiger charge is 2.36. The van der Waals surface area contributed by atoms with Gasteiger partial charge in [-0.1, -0.05) is 17.7 Å². The molecule has 1 aromatic rings. The van der Waals surface area contributed by atoms with Crippen molar-refractivity contribution in [2.75, 3.05) is 11.5 Å². The zero-order chi connectivity index (χ0) is 13.9. The lowest BCUT2D eigenvalue weighted by atomic mass is 10.0. The zero-order valence-corrected chi connectivity index (χ0v) is 11.7. The van der Waals surface area contributed by atoms with Gasteiger partial charge in [-0.15, -0.1) is 0 Å². The molecule has 0 unspecified atom stereocenters. The molecule has 1 aliphatic rings. The van der Waals surface area contributed by atoms with Gasteiger partial charge in [0.1, 0.15) is 11.4 Å². The second-order valence-electron chi connectivity index (χ2n) is 4.42. The Kier molecular flexibility index (Phi) is 4.33. The van der Waals surface area contributed by atoms with Crippen LogP contribution in [0.2, 0.25) is 5.02 Å². The van der Waals surface area contributed by atoms with Crippen LogP contribution in [-0.2, 0) is 11.2 Å². The Labute approximate surface area is 120 Å². The standard InChI is InChI=1S/C13H12ClFN2OS/c14-10-2-1-3-11(15)9(10)6-12(18)17-13(7-16)4-5-19-8-13/h1-3H,4-6,8H2,(H,17,18)/t13-/m0/s1. The summed E-state index contributed by atoms with van der Waals surface area (Å²) in [6, 6.07) is 6.44. The minimum absolute atomic E-state index is 0.153. The summed E-state index contributed by atoms with van der Waals surface area (Å²) in [6.45, 7) is 0. The van der Waals surface area contributed by atoms with Gasteiger partial charge in [-0.25, -0.2) is 4.39 Å². The Hall–Kier alpha value is -1.25. The van der Waals surface area contributed by atoms with Crippen molar-refractivity contribution in [2.24, 2.45) is 0 Å². The number of nitrogens with one attached hydrogen (secondary N) is 1. The highest BCUT2D eigenvalue weighted by Crippen LogP contribution is 2.27. The maximum Gasteiger partial charge on any atom is 0.225 e. The van der Waals surface area contributed by atoms with Crippen LogP contribution in [0.4, 0.5) is 4.39 Å². The molecule has 1 atom stereocenters. The third kappa shape index (κ3) is 3.20. The van der Waals surface area contributed by atoms with Crippen LogP contribution in [0, 0.1) is 17.1 Å². The summed E-state index contributed by atoms with van der Waals surface area (Å²) in [7, 11) is 0. The molecule has 0 bridgehead atoms. The normalized spacial score (nSPS) is 21.9. The van der Waals surface area contributed by atoms with E-state index in [9.17, 15) is 9.18 Å². The van der Waals surface area contributed by atoms with Crippen molar-refractivity contribution < 1.29 is 9.18 Å². The van der Waals surface area contributed by atoms with Gasteiger partial charge in [0.05, 0.1) is 12.5 Å². The van der Waals surface area contributed by atoms with Crippen LogP contribution in [0.25, 0.3) is 0 Å². The molecular formula is C13H12ClFN2OS. The largest absolute Gasteiger partial charge is 0.337 e. The first-order chi connectivity index (χ1) is 9.06. The Morgan fingerprint density at radius 1 is 1.63 bits per heavy atom. The first-order valence-corrected chi connectivity index (χ1v) is 7.32. The summed E-state index contributed by atoms with van der Waals surface area (Å²) in [5.41, 5.74) is -0.653. The minimum atomic E-state index is -0.820. The highest BCUT2D eigenvalue weighted by molar-refractivity contribution is 7.99. The summed E-state index contributed by atoms with van der Waals surface area (Å²) < 4.78 is 13.6. The van der Waals surface area contributed by atoms with Crippen LogP contribution in [0.5, 0.6) is 0 Å². The number of rotatable bonds is 3. The number of carbonyl (C=O) groups excluding carboxylic acids is 1. The number of thioether (sulfide) groups is 1. The third-order valence-electron chi connectivity index (χ3n) is 3.01. The summed E-state index contributed by atoms with van der Waals surface area (Å²) in [4.78, 5) is 11.9. The fourth-order valence-corrected chi connectivity index (χ4v) is 3.45. The monoisotopic (exact) mass is 298 g/mol. The van der Waals surface area contributed by atoms with E-state index in [4.69, 9.17) is 16.9 Å². The lowest BCUT2D eigenvalue weighted by Crippen LogP contribution is -2.48. The lowest BCUT2D eigenvalue weighted by Gasteiger charge is -2.21. The molecule has 1 N–H and O–H groups in total. The van der Waals surface area contributed by atoms with Gasteiger partial charge >= 0.3 is 0 Å². The summed E-state index contributed by atoms with van der Waals surface area (Å²) in [6.07, 6.45) is 0.463. The zero-order valence-electron chi connectivity index (χ0n) is 10.1. The van der Waals surface area contributed by atoms with E-state index < -0.39 is 11.4 Å². The molecule has 0 radical (unpaired) electrons. The van der Waals surface area contributed by atoms with Crippen LogP contribution in [-0.4, -0.2) is 23.0 Å². The number of hydrogen-bond donors (Lipinski definition) is 1. The third-order valence-corrected chi connectivity index (χ3v) is 4.56. The number of carbonyl (C=O) groups is 1. The fourth-order valence-electron chi connectivity index (χ4n) is 1.95. The van der Waals surface area contributed by atoms with Gasteiger partial charge in [0.15, 0.2) is 0 Å². The maximum atomic E-state index is 13.6. The average molecular weight is 299 g/mol. The van der Waals surface area contributed by atoms with Gasteiger partial charge in [-0.2, -0.15) is 17.0 Å². The fraction of sp³-hybridized carbons (Fsp3) is 0.385. The van der Waals surface area contributed by atoms with Gasteiger partial charge < -0.3 is 5.32 Å². The molecule has 0 saturated carbocycles. The number of hydrogen-bond acceptors (Lipinski definition) is 3. The number of amides is 1. The van der Waals surface area contributed by atoms with E-state index in [-0.39, 0.29) is 22.9 Å². The molecule has 6 heteroatoms. The molecule has 1 aliphatic heterocycles. The molecule has 1 heterocycles. The van der Waals surface area contributed by atoms with Crippen molar-refractivity contribution in [3.63, 3.8) is 0 Å². The predicted molar refractivity (Wildman–Crippen MR) is 73.5 cm³/mol. The molecule has 0 aliphatic carbocycles. The number of halogens is 2. The molecule has 100 valence electrons. The summed E-state index contributed by atoms with van der Waals surface area (Å²) in [5, 5.41) is 12.1. The molecule has 0 aromatic heterocycles. The topological polar surface area (TPSA) is 52.9 Å². The van der Waals surface area contributed by atoms with Gasteiger partial charge in [-0.05, 0) is 24.3 Å². The van der Waals surface area contributed by atoms with Crippen LogP contribution < -0.4 is 5.32 Å². The van der Waals surface area contributed by atoms with Crippen molar-refractivity contribution in [2.45, 2.75) is 18.4 Å². The van der Waals surface area contributed by atoms with Gasteiger partial charge in [0.2, 0.25) is 5.91 Å². The van der Waals surface area contributed by atoms with Crippen molar-refractivity contribution in [1.82, 2.24) is 5.32 Å². The van der Waals surface area contributed by atoms with Crippen LogP contribution >= 0.6 is 23.4 Å². The van der Waals surface area contributed by atoms with E-state index in [0.29, 0.717) is 12.2 Å². The van der Waals surface area contributed by atoms with E-state index in [1.807, 2.05) is 0 Å². The van der Waals surface area contributed by atoms with Gasteiger partial charge in [0, 0.05) is 16.3 Å². The smallest absolute Gasteiger partial charge is 0.225 e. The Balaban J connectivity index is 2.08. The van der Waals surface area contributed by atoms with Crippen LogP contribution in [0.3, 0.4) is 0 Å². The average Bonchev–Trinajstić information content (AvgIpc) is 2.83. The van der Waals surface area contributed by atoms with E-state index in [1.54, 1.807) is 17.8 Å². The Morgan fingerprint density at radius 2 is 2.42 bits per heavy atom. The Morgan fingerprint density at radius 3 is 3.00 bits per heavy atom. The molecule has 2 rings (SSSR count). The number of nitriles is 1. The van der Waals surface area contributed by atoms with E-state index in [0.717, 1.165) is 5.75 Å². The van der Waals surface area contributed by atoms with Crippen molar-refractivity contribution in [1.29, 1.82) is 5.26 Å². The molecule has 19 heavy (non-hydrogen) atoms. The second kappa shape index (κ2) is 5.81. The van der Waals surface area contributed by atoms with Crippen molar-refractivity contribution in [3.05, 3.63) is 34.6 Å². The van der Waals surface area contributed by atoms with E-state index in [1.165, 1.54) is 12.1 Å². The molecule has 1 saturated heterocycles. The summed E-state index contributed by atoms with van der Waals surface area (Å²) in [5.74, 6) is 0.527.